The van der Waals surface area contributed by atoms with Gasteiger partial charge in [0.25, 0.3) is 0 Å². The van der Waals surface area contributed by atoms with E-state index < -0.39 is 0 Å². The molecular weight excluding hydrogens is 258 g/mol. The highest BCUT2D eigenvalue weighted by molar-refractivity contribution is 5.72. The second-order valence-corrected chi connectivity index (χ2v) is 4.98. The van der Waals surface area contributed by atoms with E-state index in [2.05, 4.69) is 4.98 Å². The van der Waals surface area contributed by atoms with Crippen LogP contribution in [0.4, 0.5) is 0 Å². The summed E-state index contributed by atoms with van der Waals surface area (Å²) in [6.45, 7) is 0.477. The molecule has 0 aromatic carbocycles. The quantitative estimate of drug-likeness (QED) is 0.774. The Morgan fingerprint density at radius 1 is 1.25 bits per heavy atom. The molecule has 1 saturated carbocycles. The molecule has 0 radical (unpaired) electrons. The molecule has 0 bridgehead atoms. The van der Waals surface area contributed by atoms with E-state index >= 15 is 0 Å². The van der Waals surface area contributed by atoms with Gasteiger partial charge in [-0.25, -0.2) is 4.98 Å². The van der Waals surface area contributed by atoms with Crippen LogP contribution in [-0.2, 0) is 20.9 Å². The van der Waals surface area contributed by atoms with Crippen molar-refractivity contribution in [3.8, 4) is 5.88 Å². The second-order valence-electron chi connectivity index (χ2n) is 4.98. The summed E-state index contributed by atoms with van der Waals surface area (Å²) in [4.78, 5) is 15.7. The van der Waals surface area contributed by atoms with E-state index in [1.54, 1.807) is 7.11 Å². The molecule has 1 aromatic heterocycles. The van der Waals surface area contributed by atoms with Gasteiger partial charge in [-0.05, 0) is 31.7 Å². The van der Waals surface area contributed by atoms with Crippen LogP contribution in [-0.4, -0.2) is 31.3 Å². The number of hydrogen-bond acceptors (Lipinski definition) is 5. The number of nitrogens with zero attached hydrogens (tertiary/aromatic N) is 1. The summed E-state index contributed by atoms with van der Waals surface area (Å²) in [6.07, 6.45) is 3.66. The molecule has 0 unspecified atom stereocenters. The van der Waals surface area contributed by atoms with E-state index in [1.807, 2.05) is 18.2 Å². The zero-order valence-corrected chi connectivity index (χ0v) is 12.0. The SMILES string of the molecule is COC(=O)C1CCC(OCc2cccc(OC)n2)CC1. The predicted octanol–water partition coefficient (Wildman–Crippen LogP) is 2.34. The number of hydrogen-bond donors (Lipinski definition) is 0. The largest absolute Gasteiger partial charge is 0.481 e. The van der Waals surface area contributed by atoms with Crippen molar-refractivity contribution in [2.75, 3.05) is 14.2 Å². The Hall–Kier alpha value is -1.62. The van der Waals surface area contributed by atoms with Gasteiger partial charge in [-0.2, -0.15) is 0 Å². The summed E-state index contributed by atoms with van der Waals surface area (Å²) in [5.74, 6) is 0.535. The number of ether oxygens (including phenoxy) is 3. The first-order chi connectivity index (χ1) is 9.72. The number of carbonyl (C=O) groups is 1. The van der Waals surface area contributed by atoms with Crippen molar-refractivity contribution in [1.29, 1.82) is 0 Å². The van der Waals surface area contributed by atoms with Crippen molar-refractivity contribution in [3.05, 3.63) is 23.9 Å². The lowest BCUT2D eigenvalue weighted by molar-refractivity contribution is -0.147. The van der Waals surface area contributed by atoms with Gasteiger partial charge in [0.1, 0.15) is 0 Å². The summed E-state index contributed by atoms with van der Waals surface area (Å²) in [5, 5.41) is 0. The van der Waals surface area contributed by atoms with Gasteiger partial charge < -0.3 is 14.2 Å². The van der Waals surface area contributed by atoms with Crippen LogP contribution in [0.15, 0.2) is 18.2 Å². The number of aromatic nitrogens is 1. The van der Waals surface area contributed by atoms with E-state index in [1.165, 1.54) is 7.11 Å². The molecule has 20 heavy (non-hydrogen) atoms. The molecule has 1 fully saturated rings. The van der Waals surface area contributed by atoms with Gasteiger partial charge in [-0.15, -0.1) is 0 Å². The first-order valence-corrected chi connectivity index (χ1v) is 6.92. The molecule has 0 saturated heterocycles. The van der Waals surface area contributed by atoms with E-state index in [0.29, 0.717) is 12.5 Å². The van der Waals surface area contributed by atoms with Gasteiger partial charge in [-0.3, -0.25) is 4.79 Å². The molecular formula is C15H21NO4. The lowest BCUT2D eigenvalue weighted by Crippen LogP contribution is -2.27. The first kappa shape index (κ1) is 14.8. The smallest absolute Gasteiger partial charge is 0.308 e. The van der Waals surface area contributed by atoms with Crippen molar-refractivity contribution in [2.45, 2.75) is 38.4 Å². The molecule has 1 aromatic rings. The van der Waals surface area contributed by atoms with Gasteiger partial charge in [0, 0.05) is 6.07 Å². The lowest BCUT2D eigenvalue weighted by Gasteiger charge is -2.26. The van der Waals surface area contributed by atoms with Gasteiger partial charge in [-0.1, -0.05) is 6.07 Å². The highest BCUT2D eigenvalue weighted by Gasteiger charge is 2.27. The fourth-order valence-corrected chi connectivity index (χ4v) is 2.49. The molecule has 0 amide bonds. The zero-order valence-electron chi connectivity index (χ0n) is 12.0. The third-order valence-corrected chi connectivity index (χ3v) is 3.67. The predicted molar refractivity (Wildman–Crippen MR) is 73.3 cm³/mol. The fraction of sp³-hybridized carbons (Fsp3) is 0.600. The Kier molecular flexibility index (Phi) is 5.35. The van der Waals surface area contributed by atoms with Crippen molar-refractivity contribution >= 4 is 5.97 Å². The Bertz CT molecular complexity index is 441. The Labute approximate surface area is 119 Å². The fourth-order valence-electron chi connectivity index (χ4n) is 2.49. The number of pyridine rings is 1. The molecule has 1 heterocycles. The minimum Gasteiger partial charge on any atom is -0.481 e. The standard InChI is InChI=1S/C15H21NO4/c1-18-14-5-3-4-12(16-14)10-20-13-8-6-11(7-9-13)15(17)19-2/h3-5,11,13H,6-10H2,1-2H3. The minimum absolute atomic E-state index is 0.0368. The number of esters is 1. The topological polar surface area (TPSA) is 57.7 Å². The third kappa shape index (κ3) is 3.93. The minimum atomic E-state index is -0.0992. The normalized spacial score (nSPS) is 22.3. The van der Waals surface area contributed by atoms with Crippen molar-refractivity contribution in [3.63, 3.8) is 0 Å². The molecule has 0 aliphatic heterocycles. The monoisotopic (exact) mass is 279 g/mol. The molecule has 5 heteroatoms. The average molecular weight is 279 g/mol. The Morgan fingerprint density at radius 2 is 2.00 bits per heavy atom. The lowest BCUT2D eigenvalue weighted by atomic mass is 9.87. The van der Waals surface area contributed by atoms with Crippen LogP contribution in [0.2, 0.25) is 0 Å². The van der Waals surface area contributed by atoms with Crippen molar-refractivity contribution in [2.24, 2.45) is 5.92 Å². The number of rotatable bonds is 5. The van der Waals surface area contributed by atoms with Gasteiger partial charge in [0.05, 0.1) is 38.5 Å². The van der Waals surface area contributed by atoms with Crippen molar-refractivity contribution in [1.82, 2.24) is 4.98 Å². The van der Waals surface area contributed by atoms with Gasteiger partial charge in [0.15, 0.2) is 0 Å². The Balaban J connectivity index is 1.77. The zero-order chi connectivity index (χ0) is 14.4. The molecule has 110 valence electrons. The summed E-state index contributed by atoms with van der Waals surface area (Å²) in [5.41, 5.74) is 0.861. The molecule has 0 spiro atoms. The Morgan fingerprint density at radius 3 is 2.65 bits per heavy atom. The van der Waals surface area contributed by atoms with Crippen molar-refractivity contribution < 1.29 is 19.0 Å². The average Bonchev–Trinajstić information content (AvgIpc) is 2.53. The number of carbonyl (C=O) groups excluding carboxylic acids is 1. The van der Waals surface area contributed by atoms with E-state index in [-0.39, 0.29) is 18.0 Å². The maximum Gasteiger partial charge on any atom is 0.308 e. The van der Waals surface area contributed by atoms with E-state index in [4.69, 9.17) is 14.2 Å². The summed E-state index contributed by atoms with van der Waals surface area (Å²) in [7, 11) is 3.04. The highest BCUT2D eigenvalue weighted by atomic mass is 16.5. The third-order valence-electron chi connectivity index (χ3n) is 3.67. The summed E-state index contributed by atoms with van der Waals surface area (Å²) < 4.78 is 15.7. The number of methoxy groups -OCH3 is 2. The van der Waals surface area contributed by atoms with Crippen LogP contribution in [0, 0.1) is 5.92 Å². The molecule has 1 aliphatic carbocycles. The van der Waals surface area contributed by atoms with Crippen LogP contribution in [0.1, 0.15) is 31.4 Å². The molecule has 0 atom stereocenters. The van der Waals surface area contributed by atoms with Gasteiger partial charge in [0.2, 0.25) is 5.88 Å². The van der Waals surface area contributed by atoms with Crippen LogP contribution >= 0.6 is 0 Å². The van der Waals surface area contributed by atoms with Crippen LogP contribution in [0.3, 0.4) is 0 Å². The summed E-state index contributed by atoms with van der Waals surface area (Å²) >= 11 is 0. The second kappa shape index (κ2) is 7.24. The van der Waals surface area contributed by atoms with E-state index in [9.17, 15) is 4.79 Å². The van der Waals surface area contributed by atoms with Crippen LogP contribution in [0.5, 0.6) is 5.88 Å². The maximum absolute atomic E-state index is 11.4. The van der Waals surface area contributed by atoms with E-state index in [0.717, 1.165) is 31.4 Å². The molecule has 5 nitrogen and oxygen atoms in total. The molecule has 2 rings (SSSR count). The van der Waals surface area contributed by atoms with Crippen LogP contribution < -0.4 is 4.74 Å². The molecule has 0 N–H and O–H groups in total. The highest BCUT2D eigenvalue weighted by Crippen LogP contribution is 2.27. The first-order valence-electron chi connectivity index (χ1n) is 6.92. The maximum atomic E-state index is 11.4. The van der Waals surface area contributed by atoms with Crippen LogP contribution in [0.25, 0.3) is 0 Å². The summed E-state index contributed by atoms with van der Waals surface area (Å²) in [6, 6.07) is 5.63. The van der Waals surface area contributed by atoms with Gasteiger partial charge >= 0.3 is 5.97 Å². The molecule has 1 aliphatic rings.